The predicted octanol–water partition coefficient (Wildman–Crippen LogP) is -1.14. The Morgan fingerprint density at radius 3 is 2.45 bits per heavy atom. The van der Waals surface area contributed by atoms with Crippen LogP contribution < -0.4 is 0 Å². The fraction of sp³-hybridized carbons (Fsp3) is 0.333. The molecule has 0 aromatic heterocycles. The minimum atomic E-state index is -0.784. The molecule has 0 N–H and O–H groups in total. The number of Topliss-reactive ketones (excluding diaryl/α,β-unsaturated/α-hetero) is 1. The first kappa shape index (κ1) is 7.59. The van der Waals surface area contributed by atoms with Gasteiger partial charge in [0.15, 0.2) is 0 Å². The first-order valence-corrected chi connectivity index (χ1v) is 2.97. The molecule has 5 nitrogen and oxygen atoms in total. The van der Waals surface area contributed by atoms with Crippen LogP contribution in [0.25, 0.3) is 0 Å². The van der Waals surface area contributed by atoms with Crippen molar-refractivity contribution >= 4 is 23.9 Å². The van der Waals surface area contributed by atoms with Gasteiger partial charge in [-0.25, -0.2) is 4.79 Å². The molecule has 0 bridgehead atoms. The first-order chi connectivity index (χ1) is 5.04. The van der Waals surface area contributed by atoms with Gasteiger partial charge in [-0.3, -0.25) is 4.79 Å². The summed E-state index contributed by atoms with van der Waals surface area (Å²) in [7, 11) is 2.69. The van der Waals surface area contributed by atoms with Crippen LogP contribution >= 0.6 is 0 Å². The third-order valence-corrected chi connectivity index (χ3v) is 1.41. The van der Waals surface area contributed by atoms with Crippen LogP contribution in [0.2, 0.25) is 0 Å². The molecule has 1 aliphatic heterocycles. The number of nitrogens with zero attached hydrogens (tertiary/aromatic N) is 2. The van der Waals surface area contributed by atoms with E-state index in [0.29, 0.717) is 0 Å². The molecule has 5 heteroatoms. The maximum Gasteiger partial charge on any atom is 0.500 e. The summed E-state index contributed by atoms with van der Waals surface area (Å²) in [4.78, 5) is 33.2. The van der Waals surface area contributed by atoms with E-state index in [0.717, 1.165) is 15.7 Å². The molecule has 0 aromatic rings. The highest BCUT2D eigenvalue weighted by Gasteiger charge is 2.37. The van der Waals surface area contributed by atoms with Gasteiger partial charge in [0.2, 0.25) is 0 Å². The van der Waals surface area contributed by atoms with Crippen molar-refractivity contribution in [3.05, 3.63) is 0 Å². The van der Waals surface area contributed by atoms with Gasteiger partial charge in [0.1, 0.15) is 6.21 Å². The number of hydrogen-bond donors (Lipinski definition) is 0. The topological polar surface area (TPSA) is 57.5 Å². The zero-order chi connectivity index (χ0) is 8.59. The number of amides is 3. The second kappa shape index (κ2) is 2.26. The minimum Gasteiger partial charge on any atom is -0.277 e. The van der Waals surface area contributed by atoms with E-state index in [4.69, 9.17) is 0 Å². The van der Waals surface area contributed by atoms with Crippen LogP contribution in [0.15, 0.2) is 0 Å². The van der Waals surface area contributed by atoms with Crippen molar-refractivity contribution in [1.29, 1.82) is 0 Å². The molecular formula is C6H7N2O3+. The van der Waals surface area contributed by atoms with E-state index in [1.165, 1.54) is 14.1 Å². The Morgan fingerprint density at radius 1 is 1.36 bits per heavy atom. The van der Waals surface area contributed by atoms with Crippen LogP contribution in [0.3, 0.4) is 0 Å². The fourth-order valence-electron chi connectivity index (χ4n) is 0.775. The molecule has 1 rings (SSSR count). The van der Waals surface area contributed by atoms with Crippen molar-refractivity contribution in [1.82, 2.24) is 4.90 Å². The van der Waals surface area contributed by atoms with Crippen molar-refractivity contribution in [2.75, 3.05) is 14.1 Å². The SMILES string of the molecule is CN1C(=O)C(=O)C=[N+](C)C1=O. The third kappa shape index (κ3) is 1.04. The minimum absolute atomic E-state index is 0.491. The standard InChI is InChI=1S/C6H7N2O3/c1-7-3-4(9)5(10)8(2)6(7)11/h3H,1-2H3/q+1. The normalized spacial score (nSPS) is 18.9. The summed E-state index contributed by atoms with van der Waals surface area (Å²) in [5.74, 6) is -1.46. The molecule has 1 heterocycles. The van der Waals surface area contributed by atoms with Crippen molar-refractivity contribution < 1.29 is 19.0 Å². The van der Waals surface area contributed by atoms with E-state index in [-0.39, 0.29) is 0 Å². The Bertz CT molecular complexity index is 280. The largest absolute Gasteiger partial charge is 0.500 e. The number of rotatable bonds is 0. The lowest BCUT2D eigenvalue weighted by molar-refractivity contribution is -0.396. The van der Waals surface area contributed by atoms with Gasteiger partial charge in [-0.05, 0) is 0 Å². The second-order valence-corrected chi connectivity index (χ2v) is 2.25. The fourth-order valence-corrected chi connectivity index (χ4v) is 0.775. The Balaban J connectivity index is 3.11. The molecule has 0 aliphatic carbocycles. The monoisotopic (exact) mass is 155 g/mol. The van der Waals surface area contributed by atoms with Gasteiger partial charge in [0.25, 0.3) is 0 Å². The zero-order valence-electron chi connectivity index (χ0n) is 6.20. The summed E-state index contributed by atoms with van der Waals surface area (Å²) in [6.45, 7) is 0. The maximum absolute atomic E-state index is 10.9. The van der Waals surface area contributed by atoms with Crippen LogP contribution in [-0.2, 0) is 9.59 Å². The van der Waals surface area contributed by atoms with Gasteiger partial charge in [-0.15, -0.1) is 0 Å². The zero-order valence-corrected chi connectivity index (χ0v) is 6.20. The highest BCUT2D eigenvalue weighted by molar-refractivity contribution is 6.59. The van der Waals surface area contributed by atoms with Crippen molar-refractivity contribution in [2.45, 2.75) is 0 Å². The number of likely N-dealkylation sites (N-methyl/N-ethyl adjacent to an activating group) is 1. The lowest BCUT2D eigenvalue weighted by Gasteiger charge is -2.09. The molecule has 58 valence electrons. The Hall–Kier alpha value is -1.52. The van der Waals surface area contributed by atoms with Gasteiger partial charge in [0, 0.05) is 0 Å². The molecule has 0 aromatic carbocycles. The molecule has 0 spiro atoms. The molecule has 11 heavy (non-hydrogen) atoms. The van der Waals surface area contributed by atoms with Crippen molar-refractivity contribution in [2.24, 2.45) is 0 Å². The summed E-state index contributed by atoms with van der Waals surface area (Å²) in [5.41, 5.74) is 0. The second-order valence-electron chi connectivity index (χ2n) is 2.25. The summed E-state index contributed by atoms with van der Waals surface area (Å²) >= 11 is 0. The number of urea groups is 1. The molecular weight excluding hydrogens is 148 g/mol. The van der Waals surface area contributed by atoms with E-state index in [1.807, 2.05) is 0 Å². The average molecular weight is 155 g/mol. The van der Waals surface area contributed by atoms with Crippen LogP contribution in [0, 0.1) is 0 Å². The van der Waals surface area contributed by atoms with Gasteiger partial charge >= 0.3 is 17.7 Å². The lowest BCUT2D eigenvalue weighted by Crippen LogP contribution is -2.48. The number of carbonyl (C=O) groups excluding carboxylic acids is 3. The van der Waals surface area contributed by atoms with Gasteiger partial charge in [-0.1, -0.05) is 0 Å². The van der Waals surface area contributed by atoms with Gasteiger partial charge in [-0.2, -0.15) is 14.3 Å². The van der Waals surface area contributed by atoms with Crippen molar-refractivity contribution in [3.8, 4) is 0 Å². The highest BCUT2D eigenvalue weighted by Crippen LogP contribution is 1.94. The first-order valence-electron chi connectivity index (χ1n) is 2.97. The number of carbonyl (C=O) groups is 3. The Labute approximate surface area is 62.9 Å². The van der Waals surface area contributed by atoms with E-state index < -0.39 is 17.7 Å². The van der Waals surface area contributed by atoms with E-state index >= 15 is 0 Å². The molecule has 0 unspecified atom stereocenters. The number of ketones is 1. The number of hydrogen-bond acceptors (Lipinski definition) is 3. The Morgan fingerprint density at radius 2 is 1.91 bits per heavy atom. The molecule has 0 radical (unpaired) electrons. The molecule has 0 atom stereocenters. The van der Waals surface area contributed by atoms with Crippen LogP contribution in [0.4, 0.5) is 4.79 Å². The third-order valence-electron chi connectivity index (χ3n) is 1.41. The van der Waals surface area contributed by atoms with Crippen LogP contribution in [0.1, 0.15) is 0 Å². The quantitative estimate of drug-likeness (QED) is 0.328. The Kier molecular flexibility index (Phi) is 1.56. The molecule has 0 saturated heterocycles. The van der Waals surface area contributed by atoms with E-state index in [1.54, 1.807) is 0 Å². The molecule has 0 fully saturated rings. The molecule has 1 aliphatic rings. The maximum atomic E-state index is 10.9. The molecule has 0 saturated carbocycles. The summed E-state index contributed by atoms with van der Waals surface area (Å²) in [6.07, 6.45) is 0.977. The lowest BCUT2D eigenvalue weighted by atomic mass is 10.3. The highest BCUT2D eigenvalue weighted by atomic mass is 16.2. The number of imide groups is 1. The summed E-state index contributed by atoms with van der Waals surface area (Å²) in [6, 6.07) is -0.491. The van der Waals surface area contributed by atoms with E-state index in [2.05, 4.69) is 0 Å². The smallest absolute Gasteiger partial charge is 0.277 e. The van der Waals surface area contributed by atoms with Crippen molar-refractivity contribution in [3.63, 3.8) is 0 Å². The summed E-state index contributed by atoms with van der Waals surface area (Å²) in [5, 5.41) is 0. The predicted molar refractivity (Wildman–Crippen MR) is 35.4 cm³/mol. The van der Waals surface area contributed by atoms with Gasteiger partial charge < -0.3 is 0 Å². The summed E-state index contributed by atoms with van der Waals surface area (Å²) < 4.78 is 1.07. The van der Waals surface area contributed by atoms with Gasteiger partial charge in [0.05, 0.1) is 14.1 Å². The average Bonchev–Trinajstić information content (AvgIpc) is 1.97. The van der Waals surface area contributed by atoms with E-state index in [9.17, 15) is 14.4 Å². The molecule has 3 amide bonds. The van der Waals surface area contributed by atoms with Crippen LogP contribution in [-0.4, -0.2) is 47.5 Å². The van der Waals surface area contributed by atoms with Crippen LogP contribution in [0.5, 0.6) is 0 Å².